The minimum atomic E-state index is -0.0000529. The Morgan fingerprint density at radius 1 is 1.47 bits per heavy atom. The Balaban J connectivity index is 1.95. The van der Waals surface area contributed by atoms with Gasteiger partial charge in [0.1, 0.15) is 11.8 Å². The van der Waals surface area contributed by atoms with Crippen LogP contribution in [0.3, 0.4) is 0 Å². The molecular weight excluding hydrogens is 240 g/mol. The summed E-state index contributed by atoms with van der Waals surface area (Å²) in [6.45, 7) is 2.88. The van der Waals surface area contributed by atoms with E-state index in [1.165, 1.54) is 6.42 Å². The predicted octanol–water partition coefficient (Wildman–Crippen LogP) is 2.34. The SMILES string of the molecule is C[C@@H]1CCCCN1C(=O)COc1ccccc1C#N. The summed E-state index contributed by atoms with van der Waals surface area (Å²) in [4.78, 5) is 14.0. The van der Waals surface area contributed by atoms with E-state index in [2.05, 4.69) is 13.0 Å². The monoisotopic (exact) mass is 258 g/mol. The molecule has 0 saturated carbocycles. The summed E-state index contributed by atoms with van der Waals surface area (Å²) >= 11 is 0. The number of benzene rings is 1. The molecule has 0 aromatic heterocycles. The van der Waals surface area contributed by atoms with E-state index in [0.29, 0.717) is 11.3 Å². The van der Waals surface area contributed by atoms with Gasteiger partial charge in [0.15, 0.2) is 6.61 Å². The first kappa shape index (κ1) is 13.4. The second-order valence-corrected chi connectivity index (χ2v) is 4.83. The van der Waals surface area contributed by atoms with Crippen LogP contribution in [0.5, 0.6) is 5.75 Å². The molecule has 0 N–H and O–H groups in total. The number of rotatable bonds is 3. The molecule has 4 heteroatoms. The van der Waals surface area contributed by atoms with Crippen molar-refractivity contribution in [2.75, 3.05) is 13.2 Å². The fourth-order valence-corrected chi connectivity index (χ4v) is 2.38. The smallest absolute Gasteiger partial charge is 0.260 e. The maximum atomic E-state index is 12.1. The Kier molecular flexibility index (Phi) is 4.40. The number of hydrogen-bond donors (Lipinski definition) is 0. The Morgan fingerprint density at radius 2 is 2.26 bits per heavy atom. The molecule has 100 valence electrons. The molecule has 2 rings (SSSR count). The van der Waals surface area contributed by atoms with Crippen molar-refractivity contribution >= 4 is 5.91 Å². The van der Waals surface area contributed by atoms with E-state index in [9.17, 15) is 4.79 Å². The molecule has 0 unspecified atom stereocenters. The third kappa shape index (κ3) is 3.25. The van der Waals surface area contributed by atoms with Crippen LogP contribution in [0.25, 0.3) is 0 Å². The van der Waals surface area contributed by atoms with Crippen molar-refractivity contribution in [3.63, 3.8) is 0 Å². The minimum Gasteiger partial charge on any atom is -0.482 e. The van der Waals surface area contributed by atoms with Gasteiger partial charge >= 0.3 is 0 Å². The Hall–Kier alpha value is -2.02. The molecule has 1 aliphatic heterocycles. The maximum absolute atomic E-state index is 12.1. The van der Waals surface area contributed by atoms with Crippen molar-refractivity contribution in [2.24, 2.45) is 0 Å². The van der Waals surface area contributed by atoms with Crippen LogP contribution in [-0.4, -0.2) is 30.0 Å². The van der Waals surface area contributed by atoms with Crippen molar-refractivity contribution in [2.45, 2.75) is 32.2 Å². The van der Waals surface area contributed by atoms with Gasteiger partial charge in [-0.2, -0.15) is 5.26 Å². The number of ether oxygens (including phenoxy) is 1. The van der Waals surface area contributed by atoms with Gasteiger partial charge in [0, 0.05) is 12.6 Å². The number of nitriles is 1. The van der Waals surface area contributed by atoms with Crippen molar-refractivity contribution < 1.29 is 9.53 Å². The summed E-state index contributed by atoms with van der Waals surface area (Å²) in [6.07, 6.45) is 3.30. The number of carbonyl (C=O) groups is 1. The topological polar surface area (TPSA) is 53.3 Å². The second kappa shape index (κ2) is 6.24. The van der Waals surface area contributed by atoms with E-state index in [4.69, 9.17) is 10.00 Å². The van der Waals surface area contributed by atoms with Crippen LogP contribution in [0, 0.1) is 11.3 Å². The molecule has 0 radical (unpaired) electrons. The highest BCUT2D eigenvalue weighted by Gasteiger charge is 2.23. The Bertz CT molecular complexity index is 493. The zero-order valence-corrected chi connectivity index (χ0v) is 11.1. The summed E-state index contributed by atoms with van der Waals surface area (Å²) in [5.41, 5.74) is 0.460. The Labute approximate surface area is 113 Å². The fourth-order valence-electron chi connectivity index (χ4n) is 2.38. The van der Waals surface area contributed by atoms with Gasteiger partial charge in [0.05, 0.1) is 5.56 Å². The number of para-hydroxylation sites is 1. The number of nitrogens with zero attached hydrogens (tertiary/aromatic N) is 2. The van der Waals surface area contributed by atoms with Gasteiger partial charge < -0.3 is 9.64 Å². The molecule has 0 bridgehead atoms. The molecule has 19 heavy (non-hydrogen) atoms. The van der Waals surface area contributed by atoms with Gasteiger partial charge in [0.2, 0.25) is 0 Å². The van der Waals surface area contributed by atoms with Gasteiger partial charge in [-0.15, -0.1) is 0 Å². The van der Waals surface area contributed by atoms with E-state index in [-0.39, 0.29) is 18.6 Å². The predicted molar refractivity (Wildman–Crippen MR) is 71.7 cm³/mol. The molecule has 0 spiro atoms. The highest BCUT2D eigenvalue weighted by Crippen LogP contribution is 2.19. The third-order valence-electron chi connectivity index (χ3n) is 3.48. The summed E-state index contributed by atoms with van der Waals surface area (Å²) in [6, 6.07) is 9.32. The average Bonchev–Trinajstić information content (AvgIpc) is 2.45. The van der Waals surface area contributed by atoms with Gasteiger partial charge in [-0.25, -0.2) is 0 Å². The standard InChI is InChI=1S/C15H18N2O2/c1-12-6-4-5-9-17(12)15(18)11-19-14-8-3-2-7-13(14)10-16/h2-3,7-8,12H,4-6,9,11H2,1H3/t12-/m1/s1. The van der Waals surface area contributed by atoms with Crippen LogP contribution in [-0.2, 0) is 4.79 Å². The van der Waals surface area contributed by atoms with Gasteiger partial charge in [-0.3, -0.25) is 4.79 Å². The summed E-state index contributed by atoms with van der Waals surface area (Å²) in [7, 11) is 0. The molecule has 1 saturated heterocycles. The molecule has 1 aromatic carbocycles. The zero-order chi connectivity index (χ0) is 13.7. The fraction of sp³-hybridized carbons (Fsp3) is 0.467. The van der Waals surface area contributed by atoms with Crippen molar-refractivity contribution in [3.8, 4) is 11.8 Å². The van der Waals surface area contributed by atoms with Crippen LogP contribution in [0.1, 0.15) is 31.7 Å². The normalized spacial score (nSPS) is 18.7. The molecule has 1 aromatic rings. The molecule has 1 aliphatic rings. The molecule has 4 nitrogen and oxygen atoms in total. The van der Waals surface area contributed by atoms with E-state index in [1.54, 1.807) is 24.3 Å². The molecule has 1 fully saturated rings. The quantitative estimate of drug-likeness (QED) is 0.836. The van der Waals surface area contributed by atoms with E-state index in [0.717, 1.165) is 19.4 Å². The third-order valence-corrected chi connectivity index (χ3v) is 3.48. The Morgan fingerprint density at radius 3 is 3.00 bits per heavy atom. The van der Waals surface area contributed by atoms with E-state index < -0.39 is 0 Å². The number of piperidine rings is 1. The van der Waals surface area contributed by atoms with Crippen LogP contribution >= 0.6 is 0 Å². The van der Waals surface area contributed by atoms with E-state index >= 15 is 0 Å². The second-order valence-electron chi connectivity index (χ2n) is 4.83. The number of likely N-dealkylation sites (tertiary alicyclic amines) is 1. The van der Waals surface area contributed by atoms with Gasteiger partial charge in [-0.05, 0) is 38.3 Å². The van der Waals surface area contributed by atoms with Crippen LogP contribution in [0.4, 0.5) is 0 Å². The first-order valence-corrected chi connectivity index (χ1v) is 6.64. The maximum Gasteiger partial charge on any atom is 0.260 e. The lowest BCUT2D eigenvalue weighted by Crippen LogP contribution is -2.44. The lowest BCUT2D eigenvalue weighted by atomic mass is 10.0. The molecule has 1 atom stereocenters. The summed E-state index contributed by atoms with van der Waals surface area (Å²) in [5, 5.41) is 8.95. The van der Waals surface area contributed by atoms with Crippen LogP contribution in [0.15, 0.2) is 24.3 Å². The van der Waals surface area contributed by atoms with Gasteiger partial charge in [-0.1, -0.05) is 12.1 Å². The highest BCUT2D eigenvalue weighted by molar-refractivity contribution is 5.78. The van der Waals surface area contributed by atoms with Crippen molar-refractivity contribution in [1.29, 1.82) is 5.26 Å². The minimum absolute atomic E-state index is 0.0000529. The van der Waals surface area contributed by atoms with E-state index in [1.807, 2.05) is 4.90 Å². The number of hydrogen-bond acceptors (Lipinski definition) is 3. The number of carbonyl (C=O) groups excluding carboxylic acids is 1. The lowest BCUT2D eigenvalue weighted by molar-refractivity contribution is -0.136. The first-order chi connectivity index (χ1) is 9.22. The summed E-state index contributed by atoms with van der Waals surface area (Å²) in [5.74, 6) is 0.475. The molecule has 0 aliphatic carbocycles. The average molecular weight is 258 g/mol. The lowest BCUT2D eigenvalue weighted by Gasteiger charge is -2.33. The molecule has 1 heterocycles. The number of amides is 1. The highest BCUT2D eigenvalue weighted by atomic mass is 16.5. The van der Waals surface area contributed by atoms with Crippen LogP contribution < -0.4 is 4.74 Å². The molecule has 1 amide bonds. The zero-order valence-electron chi connectivity index (χ0n) is 11.1. The van der Waals surface area contributed by atoms with Gasteiger partial charge in [0.25, 0.3) is 5.91 Å². The van der Waals surface area contributed by atoms with Crippen molar-refractivity contribution in [1.82, 2.24) is 4.90 Å². The molecular formula is C15H18N2O2. The first-order valence-electron chi connectivity index (χ1n) is 6.64. The van der Waals surface area contributed by atoms with Crippen molar-refractivity contribution in [3.05, 3.63) is 29.8 Å². The van der Waals surface area contributed by atoms with Crippen LogP contribution in [0.2, 0.25) is 0 Å². The largest absolute Gasteiger partial charge is 0.482 e. The summed E-state index contributed by atoms with van der Waals surface area (Å²) < 4.78 is 5.48.